The quantitative estimate of drug-likeness (QED) is 0.830. The minimum atomic E-state index is -0.335. The van der Waals surface area contributed by atoms with Crippen molar-refractivity contribution in [2.45, 2.75) is 19.3 Å². The van der Waals surface area contributed by atoms with E-state index in [0.717, 1.165) is 12.1 Å². The van der Waals surface area contributed by atoms with Crippen LogP contribution >= 0.6 is 0 Å². The van der Waals surface area contributed by atoms with Gasteiger partial charge in [0.1, 0.15) is 11.6 Å². The Kier molecular flexibility index (Phi) is 2.78. The predicted molar refractivity (Wildman–Crippen MR) is 64.9 cm³/mol. The third-order valence-electron chi connectivity index (χ3n) is 3.19. The molecule has 1 aliphatic carbocycles. The van der Waals surface area contributed by atoms with Crippen LogP contribution in [0.25, 0.3) is 11.3 Å². The second-order valence-corrected chi connectivity index (χ2v) is 4.66. The fourth-order valence-corrected chi connectivity index (χ4v) is 2.06. The van der Waals surface area contributed by atoms with Gasteiger partial charge in [-0.1, -0.05) is 0 Å². The first-order valence-electron chi connectivity index (χ1n) is 6.03. The van der Waals surface area contributed by atoms with Crippen LogP contribution in [-0.4, -0.2) is 12.1 Å². The van der Waals surface area contributed by atoms with Crippen LogP contribution in [0, 0.1) is 11.7 Å². The lowest BCUT2D eigenvalue weighted by Crippen LogP contribution is -1.92. The molecule has 0 saturated heterocycles. The minimum absolute atomic E-state index is 0.335. The van der Waals surface area contributed by atoms with Gasteiger partial charge in [-0.15, -0.1) is 0 Å². The van der Waals surface area contributed by atoms with E-state index in [1.54, 1.807) is 6.07 Å². The van der Waals surface area contributed by atoms with E-state index in [9.17, 15) is 4.39 Å². The average Bonchev–Trinajstić information content (AvgIpc) is 3.04. The van der Waals surface area contributed by atoms with Gasteiger partial charge in [-0.25, -0.2) is 9.37 Å². The standard InChI is InChI=1S/C14H14FNO2/c1-17-12-6-10(5-11(15)7-12)14-13(16-8-18-14)4-9-2-3-9/h5-9H,2-4H2,1H3. The highest BCUT2D eigenvalue weighted by Gasteiger charge is 2.25. The first kappa shape index (κ1) is 11.3. The molecule has 0 atom stereocenters. The molecule has 3 nitrogen and oxygen atoms in total. The molecule has 2 aromatic rings. The zero-order valence-corrected chi connectivity index (χ0v) is 10.1. The molecule has 0 unspecified atom stereocenters. The SMILES string of the molecule is COc1cc(F)cc(-c2ocnc2CC2CC2)c1. The topological polar surface area (TPSA) is 35.3 Å². The van der Waals surface area contributed by atoms with E-state index in [1.165, 1.54) is 38.5 Å². The smallest absolute Gasteiger partial charge is 0.181 e. The van der Waals surface area contributed by atoms with Crippen molar-refractivity contribution in [1.29, 1.82) is 0 Å². The zero-order chi connectivity index (χ0) is 12.5. The van der Waals surface area contributed by atoms with Gasteiger partial charge in [0.15, 0.2) is 12.2 Å². The van der Waals surface area contributed by atoms with E-state index in [-0.39, 0.29) is 5.82 Å². The first-order chi connectivity index (χ1) is 8.76. The number of hydrogen-bond acceptors (Lipinski definition) is 3. The molecular formula is C14H14FNO2. The van der Waals surface area contributed by atoms with Gasteiger partial charge < -0.3 is 9.15 Å². The van der Waals surface area contributed by atoms with Crippen molar-refractivity contribution in [1.82, 2.24) is 4.98 Å². The number of oxazole rings is 1. The van der Waals surface area contributed by atoms with Crippen molar-refractivity contribution < 1.29 is 13.5 Å². The second-order valence-electron chi connectivity index (χ2n) is 4.66. The van der Waals surface area contributed by atoms with Gasteiger partial charge in [-0.2, -0.15) is 0 Å². The fourth-order valence-electron chi connectivity index (χ4n) is 2.06. The van der Waals surface area contributed by atoms with E-state index >= 15 is 0 Å². The Morgan fingerprint density at radius 3 is 2.94 bits per heavy atom. The van der Waals surface area contributed by atoms with Crippen LogP contribution in [0.3, 0.4) is 0 Å². The molecule has 1 saturated carbocycles. The van der Waals surface area contributed by atoms with Gasteiger partial charge in [0, 0.05) is 11.6 Å². The summed E-state index contributed by atoms with van der Waals surface area (Å²) in [7, 11) is 1.52. The molecule has 94 valence electrons. The van der Waals surface area contributed by atoms with Crippen LogP contribution in [0.1, 0.15) is 18.5 Å². The molecule has 0 amide bonds. The van der Waals surface area contributed by atoms with Gasteiger partial charge >= 0.3 is 0 Å². The molecule has 0 bridgehead atoms. The molecule has 1 heterocycles. The predicted octanol–water partition coefficient (Wildman–Crippen LogP) is 3.44. The number of halogens is 1. The van der Waals surface area contributed by atoms with Gasteiger partial charge in [-0.05, 0) is 37.3 Å². The Hall–Kier alpha value is -1.84. The summed E-state index contributed by atoms with van der Waals surface area (Å²) in [6, 6.07) is 4.56. The molecule has 4 heteroatoms. The Morgan fingerprint density at radius 2 is 2.22 bits per heavy atom. The highest BCUT2D eigenvalue weighted by atomic mass is 19.1. The van der Waals surface area contributed by atoms with Gasteiger partial charge in [0.2, 0.25) is 0 Å². The second kappa shape index (κ2) is 4.44. The Balaban J connectivity index is 1.97. The van der Waals surface area contributed by atoms with Crippen molar-refractivity contribution >= 4 is 0 Å². The highest BCUT2D eigenvalue weighted by molar-refractivity contribution is 5.62. The van der Waals surface area contributed by atoms with Crippen LogP contribution < -0.4 is 4.74 Å². The number of hydrogen-bond donors (Lipinski definition) is 0. The maximum absolute atomic E-state index is 13.5. The number of methoxy groups -OCH3 is 1. The third-order valence-corrected chi connectivity index (χ3v) is 3.19. The summed E-state index contributed by atoms with van der Waals surface area (Å²) < 4.78 is 23.9. The lowest BCUT2D eigenvalue weighted by molar-refractivity contribution is 0.411. The van der Waals surface area contributed by atoms with E-state index in [0.29, 0.717) is 23.0 Å². The van der Waals surface area contributed by atoms with Crippen LogP contribution in [0.5, 0.6) is 5.75 Å². The summed E-state index contributed by atoms with van der Waals surface area (Å²) in [5.41, 5.74) is 1.59. The molecule has 0 N–H and O–H groups in total. The number of aromatic nitrogens is 1. The summed E-state index contributed by atoms with van der Waals surface area (Å²) in [5.74, 6) is 1.51. The van der Waals surface area contributed by atoms with Crippen molar-refractivity contribution in [2.75, 3.05) is 7.11 Å². The van der Waals surface area contributed by atoms with Gasteiger partial charge in [0.05, 0.1) is 12.8 Å². The summed E-state index contributed by atoms with van der Waals surface area (Å²) in [6.45, 7) is 0. The highest BCUT2D eigenvalue weighted by Crippen LogP contribution is 2.36. The third kappa shape index (κ3) is 2.23. The van der Waals surface area contributed by atoms with E-state index in [1.807, 2.05) is 0 Å². The van der Waals surface area contributed by atoms with Crippen molar-refractivity contribution in [3.8, 4) is 17.1 Å². The average molecular weight is 247 g/mol. The summed E-state index contributed by atoms with van der Waals surface area (Å²) >= 11 is 0. The summed E-state index contributed by atoms with van der Waals surface area (Å²) in [5, 5.41) is 0. The van der Waals surface area contributed by atoms with Gasteiger partial charge in [-0.3, -0.25) is 0 Å². The van der Waals surface area contributed by atoms with Crippen molar-refractivity contribution in [2.24, 2.45) is 5.92 Å². The monoisotopic (exact) mass is 247 g/mol. The van der Waals surface area contributed by atoms with Crippen LogP contribution in [-0.2, 0) is 6.42 Å². The zero-order valence-electron chi connectivity index (χ0n) is 10.1. The van der Waals surface area contributed by atoms with E-state index < -0.39 is 0 Å². The maximum atomic E-state index is 13.5. The normalized spacial score (nSPS) is 14.8. The Morgan fingerprint density at radius 1 is 1.39 bits per heavy atom. The molecule has 1 aromatic heterocycles. The van der Waals surface area contributed by atoms with Crippen LogP contribution in [0.15, 0.2) is 29.0 Å². The number of benzene rings is 1. The first-order valence-corrected chi connectivity index (χ1v) is 6.03. The molecule has 0 spiro atoms. The lowest BCUT2D eigenvalue weighted by atomic mass is 10.1. The number of nitrogens with zero attached hydrogens (tertiary/aromatic N) is 1. The van der Waals surface area contributed by atoms with Crippen LogP contribution in [0.2, 0.25) is 0 Å². The molecule has 1 aliphatic rings. The minimum Gasteiger partial charge on any atom is -0.497 e. The molecule has 18 heavy (non-hydrogen) atoms. The van der Waals surface area contributed by atoms with Crippen molar-refractivity contribution in [3.05, 3.63) is 36.1 Å². The molecule has 0 aliphatic heterocycles. The molecule has 3 rings (SSSR count). The lowest BCUT2D eigenvalue weighted by Gasteiger charge is -2.04. The van der Waals surface area contributed by atoms with Crippen LogP contribution in [0.4, 0.5) is 4.39 Å². The Bertz CT molecular complexity index is 561. The molecule has 1 aromatic carbocycles. The van der Waals surface area contributed by atoms with Crippen molar-refractivity contribution in [3.63, 3.8) is 0 Å². The van der Waals surface area contributed by atoms with Gasteiger partial charge in [0.25, 0.3) is 0 Å². The Labute approximate surface area is 105 Å². The van der Waals surface area contributed by atoms with E-state index in [2.05, 4.69) is 4.98 Å². The maximum Gasteiger partial charge on any atom is 0.181 e. The number of rotatable bonds is 4. The largest absolute Gasteiger partial charge is 0.497 e. The number of ether oxygens (including phenoxy) is 1. The molecular weight excluding hydrogens is 233 g/mol. The summed E-state index contributed by atoms with van der Waals surface area (Å²) in [6.07, 6.45) is 4.83. The van der Waals surface area contributed by atoms with E-state index in [4.69, 9.17) is 9.15 Å². The molecule has 0 radical (unpaired) electrons. The summed E-state index contributed by atoms with van der Waals surface area (Å²) in [4.78, 5) is 4.23. The fraction of sp³-hybridized carbons (Fsp3) is 0.357. The molecule has 1 fully saturated rings.